The van der Waals surface area contributed by atoms with Crippen LogP contribution in [0.5, 0.6) is 0 Å². The predicted octanol–water partition coefficient (Wildman–Crippen LogP) is 2.41. The lowest BCUT2D eigenvalue weighted by Crippen LogP contribution is -2.25. The van der Waals surface area contributed by atoms with Gasteiger partial charge in [-0.2, -0.15) is 0 Å². The summed E-state index contributed by atoms with van der Waals surface area (Å²) in [6.07, 6.45) is 2.00. The van der Waals surface area contributed by atoms with Crippen LogP contribution in [-0.2, 0) is 16.4 Å². The second kappa shape index (κ2) is 5.35. The van der Waals surface area contributed by atoms with Gasteiger partial charge in [-0.15, -0.1) is 11.3 Å². The molecule has 0 aliphatic rings. The van der Waals surface area contributed by atoms with E-state index in [9.17, 15) is 8.42 Å². The number of nitrogens with one attached hydrogen (secondary N) is 1. The first kappa shape index (κ1) is 13.3. The summed E-state index contributed by atoms with van der Waals surface area (Å²) in [6.45, 7) is 0.347. The Balaban J connectivity index is 1.65. The Morgan fingerprint density at radius 1 is 1.30 bits per heavy atom. The zero-order valence-corrected chi connectivity index (χ0v) is 12.1. The molecular weight excluding hydrogens is 296 g/mol. The molecule has 0 saturated heterocycles. The predicted molar refractivity (Wildman–Crippen MR) is 77.2 cm³/mol. The average Bonchev–Trinajstić information content (AvgIpc) is 3.09. The molecule has 2 heterocycles. The number of rotatable bonds is 5. The van der Waals surface area contributed by atoms with Crippen LogP contribution in [0.2, 0.25) is 0 Å². The van der Waals surface area contributed by atoms with Crippen molar-refractivity contribution in [3.8, 4) is 0 Å². The van der Waals surface area contributed by atoms with E-state index in [0.717, 1.165) is 11.1 Å². The minimum atomic E-state index is -3.39. The van der Waals surface area contributed by atoms with Crippen LogP contribution in [-0.4, -0.2) is 19.9 Å². The molecule has 104 valence electrons. The molecule has 0 bridgehead atoms. The summed E-state index contributed by atoms with van der Waals surface area (Å²) in [4.78, 5) is 4.04. The van der Waals surface area contributed by atoms with Crippen molar-refractivity contribution >= 4 is 32.5 Å². The molecule has 20 heavy (non-hydrogen) atoms. The van der Waals surface area contributed by atoms with Gasteiger partial charge in [0, 0.05) is 6.54 Å². The van der Waals surface area contributed by atoms with E-state index in [2.05, 4.69) is 9.71 Å². The number of nitrogens with zero attached hydrogens (tertiary/aromatic N) is 1. The van der Waals surface area contributed by atoms with Crippen LogP contribution in [0.25, 0.3) is 11.1 Å². The molecule has 2 aromatic heterocycles. The maximum absolute atomic E-state index is 11.9. The Hall–Kier alpha value is -1.70. The van der Waals surface area contributed by atoms with Gasteiger partial charge >= 0.3 is 0 Å². The largest absolute Gasteiger partial charge is 0.443 e. The third-order valence-corrected chi connectivity index (χ3v) is 5.72. The van der Waals surface area contributed by atoms with E-state index in [0.29, 0.717) is 22.8 Å². The van der Waals surface area contributed by atoms with Crippen LogP contribution in [0.1, 0.15) is 5.56 Å². The summed E-state index contributed by atoms with van der Waals surface area (Å²) < 4.78 is 32.0. The molecule has 0 unspecified atom stereocenters. The zero-order chi connectivity index (χ0) is 14.0. The van der Waals surface area contributed by atoms with Crippen LogP contribution in [0, 0.1) is 0 Å². The Morgan fingerprint density at radius 2 is 2.20 bits per heavy atom. The number of oxazole rings is 1. The summed E-state index contributed by atoms with van der Waals surface area (Å²) in [7, 11) is -3.39. The maximum atomic E-state index is 11.9. The average molecular weight is 308 g/mol. The Morgan fingerprint density at radius 3 is 3.00 bits per heavy atom. The zero-order valence-electron chi connectivity index (χ0n) is 10.4. The third kappa shape index (κ3) is 2.74. The molecule has 0 aliphatic heterocycles. The molecular formula is C13H12N2O3S2. The highest BCUT2D eigenvalue weighted by molar-refractivity contribution is 7.91. The topological polar surface area (TPSA) is 72.2 Å². The number of benzene rings is 1. The lowest BCUT2D eigenvalue weighted by atomic mass is 10.1. The second-order valence-corrected chi connectivity index (χ2v) is 7.18. The monoisotopic (exact) mass is 308 g/mol. The van der Waals surface area contributed by atoms with Crippen molar-refractivity contribution in [1.82, 2.24) is 9.71 Å². The number of hydrogen-bond acceptors (Lipinski definition) is 5. The summed E-state index contributed by atoms with van der Waals surface area (Å²) in [5.74, 6) is 0. The first-order valence-corrected chi connectivity index (χ1v) is 8.37. The van der Waals surface area contributed by atoms with Crippen molar-refractivity contribution in [2.24, 2.45) is 0 Å². The highest BCUT2D eigenvalue weighted by Gasteiger charge is 2.13. The van der Waals surface area contributed by atoms with Gasteiger partial charge in [0.25, 0.3) is 0 Å². The van der Waals surface area contributed by atoms with Gasteiger partial charge in [0.2, 0.25) is 10.0 Å². The fourth-order valence-electron chi connectivity index (χ4n) is 1.87. The van der Waals surface area contributed by atoms with Crippen LogP contribution >= 0.6 is 11.3 Å². The minimum absolute atomic E-state index is 0.336. The Kier molecular flexibility index (Phi) is 3.56. The molecule has 0 saturated carbocycles. The standard InChI is InChI=1S/C13H12N2O3S2/c16-20(17,13-2-1-7-19-13)15-6-5-10-3-4-11-12(8-10)18-9-14-11/h1-4,7-9,15H,5-6H2. The highest BCUT2D eigenvalue weighted by atomic mass is 32.2. The lowest BCUT2D eigenvalue weighted by Gasteiger charge is -2.04. The van der Waals surface area contributed by atoms with E-state index in [1.54, 1.807) is 17.5 Å². The summed E-state index contributed by atoms with van der Waals surface area (Å²) >= 11 is 1.21. The first-order valence-electron chi connectivity index (χ1n) is 6.00. The van der Waals surface area contributed by atoms with Gasteiger partial charge in [-0.05, 0) is 35.6 Å². The smallest absolute Gasteiger partial charge is 0.250 e. The quantitative estimate of drug-likeness (QED) is 0.785. The van der Waals surface area contributed by atoms with Crippen molar-refractivity contribution in [2.75, 3.05) is 6.54 Å². The van der Waals surface area contributed by atoms with E-state index in [1.807, 2.05) is 18.2 Å². The summed E-state index contributed by atoms with van der Waals surface area (Å²) in [5.41, 5.74) is 2.51. The van der Waals surface area contributed by atoms with Gasteiger partial charge in [0.15, 0.2) is 12.0 Å². The fourth-order valence-corrected chi connectivity index (χ4v) is 3.94. The van der Waals surface area contributed by atoms with Gasteiger partial charge in [0.1, 0.15) is 9.73 Å². The Bertz CT molecular complexity index is 807. The second-order valence-electron chi connectivity index (χ2n) is 4.23. The lowest BCUT2D eigenvalue weighted by molar-refractivity contribution is 0.583. The van der Waals surface area contributed by atoms with Gasteiger partial charge < -0.3 is 4.42 Å². The molecule has 0 aliphatic carbocycles. The van der Waals surface area contributed by atoms with E-state index >= 15 is 0 Å². The summed E-state index contributed by atoms with van der Waals surface area (Å²) in [6, 6.07) is 8.97. The fraction of sp³-hybridized carbons (Fsp3) is 0.154. The molecule has 3 aromatic rings. The molecule has 0 radical (unpaired) electrons. The SMILES string of the molecule is O=S(=O)(NCCc1ccc2ncoc2c1)c1cccs1. The number of thiophene rings is 1. The number of sulfonamides is 1. The van der Waals surface area contributed by atoms with Crippen LogP contribution in [0.3, 0.4) is 0 Å². The minimum Gasteiger partial charge on any atom is -0.443 e. The molecule has 0 fully saturated rings. The van der Waals surface area contributed by atoms with Crippen molar-refractivity contribution < 1.29 is 12.8 Å². The first-order chi connectivity index (χ1) is 9.65. The van der Waals surface area contributed by atoms with E-state index < -0.39 is 10.0 Å². The van der Waals surface area contributed by atoms with Gasteiger partial charge in [-0.3, -0.25) is 0 Å². The third-order valence-electron chi connectivity index (χ3n) is 2.86. The van der Waals surface area contributed by atoms with Crippen molar-refractivity contribution in [2.45, 2.75) is 10.6 Å². The van der Waals surface area contributed by atoms with Crippen LogP contribution in [0.15, 0.2) is 50.7 Å². The van der Waals surface area contributed by atoms with Crippen molar-refractivity contribution in [1.29, 1.82) is 0 Å². The Labute approximate surface area is 120 Å². The van der Waals surface area contributed by atoms with Crippen molar-refractivity contribution in [3.05, 3.63) is 47.7 Å². The molecule has 1 aromatic carbocycles. The maximum Gasteiger partial charge on any atom is 0.250 e. The molecule has 3 rings (SSSR count). The molecule has 0 spiro atoms. The highest BCUT2D eigenvalue weighted by Crippen LogP contribution is 2.16. The van der Waals surface area contributed by atoms with Gasteiger partial charge in [-0.25, -0.2) is 18.1 Å². The normalized spacial score (nSPS) is 12.0. The van der Waals surface area contributed by atoms with Gasteiger partial charge in [0.05, 0.1) is 0 Å². The number of hydrogen-bond donors (Lipinski definition) is 1. The van der Waals surface area contributed by atoms with E-state index in [4.69, 9.17) is 4.42 Å². The van der Waals surface area contributed by atoms with Gasteiger partial charge in [-0.1, -0.05) is 12.1 Å². The molecule has 5 nitrogen and oxygen atoms in total. The van der Waals surface area contributed by atoms with E-state index in [-0.39, 0.29) is 0 Å². The van der Waals surface area contributed by atoms with E-state index in [1.165, 1.54) is 17.7 Å². The summed E-state index contributed by atoms with van der Waals surface area (Å²) in [5, 5.41) is 1.74. The molecule has 7 heteroatoms. The van der Waals surface area contributed by atoms with Crippen LogP contribution < -0.4 is 4.72 Å². The molecule has 0 atom stereocenters. The van der Waals surface area contributed by atoms with Crippen molar-refractivity contribution in [3.63, 3.8) is 0 Å². The van der Waals surface area contributed by atoms with Crippen LogP contribution in [0.4, 0.5) is 0 Å². The molecule has 1 N–H and O–H groups in total. The number of fused-ring (bicyclic) bond motifs is 1. The number of aromatic nitrogens is 1. The molecule has 0 amide bonds.